The second kappa shape index (κ2) is 17.2. The van der Waals surface area contributed by atoms with E-state index in [4.69, 9.17) is 28.4 Å². The molecule has 258 valence electrons. The molecule has 8 nitrogen and oxygen atoms in total. The van der Waals surface area contributed by atoms with Crippen LogP contribution >= 0.6 is 0 Å². The Morgan fingerprint density at radius 3 is 1.55 bits per heavy atom. The van der Waals surface area contributed by atoms with Crippen molar-refractivity contribution in [1.82, 2.24) is 0 Å². The topological polar surface area (TPSA) is 92.7 Å². The van der Waals surface area contributed by atoms with Gasteiger partial charge in [-0.2, -0.15) is 0 Å². The molecule has 0 saturated carbocycles. The number of benzene rings is 3. The van der Waals surface area contributed by atoms with Crippen molar-refractivity contribution in [3.05, 3.63) is 87.5 Å². The van der Waals surface area contributed by atoms with Crippen molar-refractivity contribution in [3.8, 4) is 16.9 Å². The van der Waals surface area contributed by atoms with Crippen LogP contribution in [0.4, 0.5) is 0 Å². The Bertz CT molecular complexity index is 1390. The molecular formula is C39H54O8. The monoisotopic (exact) mass is 650 g/mol. The number of carbonyl (C=O) groups excluding carboxylic acids is 1. The average molecular weight is 651 g/mol. The van der Waals surface area contributed by atoms with Crippen molar-refractivity contribution in [2.24, 2.45) is 10.8 Å². The Kier molecular flexibility index (Phi) is 14.0. The van der Waals surface area contributed by atoms with Crippen LogP contribution in [0.3, 0.4) is 0 Å². The molecule has 0 saturated heterocycles. The summed E-state index contributed by atoms with van der Waals surface area (Å²) in [6.45, 7) is 14.8. The molecule has 0 aliphatic heterocycles. The lowest BCUT2D eigenvalue weighted by Gasteiger charge is -2.36. The number of hydrogen-bond donors (Lipinski definition) is 1. The molecule has 0 radical (unpaired) electrons. The Morgan fingerprint density at radius 2 is 1.13 bits per heavy atom. The zero-order valence-corrected chi connectivity index (χ0v) is 30.0. The maximum atomic E-state index is 12.9. The third-order valence-corrected chi connectivity index (χ3v) is 8.17. The lowest BCUT2D eigenvalue weighted by atomic mass is 9.69. The van der Waals surface area contributed by atoms with Crippen LogP contribution in [0.25, 0.3) is 11.1 Å². The van der Waals surface area contributed by atoms with Crippen molar-refractivity contribution in [2.45, 2.75) is 86.9 Å². The summed E-state index contributed by atoms with van der Waals surface area (Å²) in [6.07, 6.45) is 1.05. The van der Waals surface area contributed by atoms with Crippen LogP contribution in [-0.2, 0) is 61.5 Å². The van der Waals surface area contributed by atoms with Gasteiger partial charge in [0, 0.05) is 39.6 Å². The molecule has 1 N–H and O–H groups in total. The number of carbonyl (C=O) groups is 1. The minimum atomic E-state index is -0.435. The number of hydrogen-bond acceptors (Lipinski definition) is 8. The van der Waals surface area contributed by atoms with Gasteiger partial charge in [0.2, 0.25) is 0 Å². The zero-order chi connectivity index (χ0) is 34.8. The third-order valence-electron chi connectivity index (χ3n) is 8.17. The molecule has 1 unspecified atom stereocenters. The molecule has 0 fully saturated rings. The van der Waals surface area contributed by atoms with E-state index in [0.717, 1.165) is 34.2 Å². The van der Waals surface area contributed by atoms with Gasteiger partial charge in [-0.1, -0.05) is 53.7 Å². The molecule has 1 atom stereocenters. The van der Waals surface area contributed by atoms with E-state index in [9.17, 15) is 9.90 Å². The van der Waals surface area contributed by atoms with Gasteiger partial charge in [0.25, 0.3) is 0 Å². The first-order valence-electron chi connectivity index (χ1n) is 16.0. The number of rotatable bonds is 16. The Labute approximate surface area is 281 Å². The first kappa shape index (κ1) is 38.2. The van der Waals surface area contributed by atoms with Crippen molar-refractivity contribution < 1.29 is 38.3 Å². The predicted molar refractivity (Wildman–Crippen MR) is 184 cm³/mol. The molecule has 0 bridgehead atoms. The van der Waals surface area contributed by atoms with E-state index in [-0.39, 0.29) is 43.2 Å². The first-order chi connectivity index (χ1) is 22.2. The van der Waals surface area contributed by atoms with Crippen molar-refractivity contribution in [1.29, 1.82) is 0 Å². The molecule has 3 aromatic carbocycles. The molecule has 0 heterocycles. The summed E-state index contributed by atoms with van der Waals surface area (Å²) in [5.41, 5.74) is 7.87. The Morgan fingerprint density at radius 1 is 0.681 bits per heavy atom. The largest absolute Gasteiger partial charge is 0.507 e. The van der Waals surface area contributed by atoms with E-state index in [1.807, 2.05) is 48.5 Å². The summed E-state index contributed by atoms with van der Waals surface area (Å²) in [5.74, 6) is 0.0888. The molecule has 3 aromatic rings. The highest BCUT2D eigenvalue weighted by atomic mass is 16.7. The number of methoxy groups -OCH3 is 4. The van der Waals surface area contributed by atoms with E-state index in [1.165, 1.54) is 5.56 Å². The van der Waals surface area contributed by atoms with E-state index >= 15 is 0 Å². The second-order valence-electron chi connectivity index (χ2n) is 14.4. The Balaban J connectivity index is 1.78. The molecule has 0 amide bonds. The van der Waals surface area contributed by atoms with Crippen molar-refractivity contribution >= 4 is 5.97 Å². The molecule has 0 spiro atoms. The number of ether oxygens (including phenoxy) is 6. The minimum absolute atomic E-state index is 0.0919. The number of esters is 1. The van der Waals surface area contributed by atoms with Crippen LogP contribution in [0, 0.1) is 10.8 Å². The number of phenols is 1. The first-order valence-corrected chi connectivity index (χ1v) is 16.0. The van der Waals surface area contributed by atoms with Crippen LogP contribution in [-0.4, -0.2) is 46.3 Å². The fourth-order valence-electron chi connectivity index (χ4n) is 5.89. The molecular weight excluding hydrogens is 596 g/mol. The smallest absolute Gasteiger partial charge is 0.340 e. The summed E-state index contributed by atoms with van der Waals surface area (Å²) in [5, 5.41) is 10.7. The molecule has 0 aromatic heterocycles. The third kappa shape index (κ3) is 10.9. The molecule has 0 aliphatic carbocycles. The van der Waals surface area contributed by atoms with Gasteiger partial charge in [-0.25, -0.2) is 4.79 Å². The van der Waals surface area contributed by atoms with Gasteiger partial charge in [0.15, 0.2) is 6.79 Å². The summed E-state index contributed by atoms with van der Waals surface area (Å²) in [7, 11) is 6.46. The summed E-state index contributed by atoms with van der Waals surface area (Å²) in [6, 6.07) is 15.7. The standard InChI is InChI=1S/C39H54O8/c1-38(2,3)19-35(39(4,5)6)26-11-13-27(14-12-26)37(41)47-25-46-24-34-30(20-42-7)15-28(16-31(34)21-43-8)29-17-32(22-44-9)36(40)33(18-29)23-45-10/h11-18,35,40H,19-25H2,1-10H3. The maximum absolute atomic E-state index is 12.9. The van der Waals surface area contributed by atoms with Gasteiger partial charge in [-0.15, -0.1) is 0 Å². The predicted octanol–water partition coefficient (Wildman–Crippen LogP) is 8.54. The molecule has 47 heavy (non-hydrogen) atoms. The fraction of sp³-hybridized carbons (Fsp3) is 0.513. The van der Waals surface area contributed by atoms with E-state index in [2.05, 4.69) is 41.5 Å². The van der Waals surface area contributed by atoms with Gasteiger partial charge in [0.1, 0.15) is 5.75 Å². The van der Waals surface area contributed by atoms with Gasteiger partial charge >= 0.3 is 5.97 Å². The van der Waals surface area contributed by atoms with Gasteiger partial charge in [-0.3, -0.25) is 0 Å². The average Bonchev–Trinajstić information content (AvgIpc) is 3.00. The van der Waals surface area contributed by atoms with Gasteiger partial charge in [0.05, 0.1) is 38.6 Å². The summed E-state index contributed by atoms with van der Waals surface area (Å²) >= 11 is 0. The number of phenolic OH excluding ortho intramolecular Hbond substituents is 1. The lowest BCUT2D eigenvalue weighted by Crippen LogP contribution is -2.24. The normalized spacial score (nSPS) is 12.7. The zero-order valence-electron chi connectivity index (χ0n) is 30.0. The van der Waals surface area contributed by atoms with Gasteiger partial charge < -0.3 is 33.5 Å². The Hall–Kier alpha value is -3.27. The van der Waals surface area contributed by atoms with Crippen molar-refractivity contribution in [3.63, 3.8) is 0 Å². The second-order valence-corrected chi connectivity index (χ2v) is 14.4. The highest BCUT2D eigenvalue weighted by molar-refractivity contribution is 5.89. The molecule has 3 rings (SSSR count). The summed E-state index contributed by atoms with van der Waals surface area (Å²) < 4.78 is 33.1. The number of aromatic hydroxyl groups is 1. The maximum Gasteiger partial charge on any atom is 0.340 e. The van der Waals surface area contributed by atoms with Crippen LogP contribution in [0.1, 0.15) is 97.6 Å². The van der Waals surface area contributed by atoms with E-state index in [0.29, 0.717) is 35.8 Å². The molecule has 8 heteroatoms. The molecule has 0 aliphatic rings. The van der Waals surface area contributed by atoms with E-state index < -0.39 is 5.97 Å². The highest BCUT2D eigenvalue weighted by Crippen LogP contribution is 2.43. The van der Waals surface area contributed by atoms with Crippen LogP contribution < -0.4 is 0 Å². The highest BCUT2D eigenvalue weighted by Gasteiger charge is 2.30. The van der Waals surface area contributed by atoms with Crippen LogP contribution in [0.5, 0.6) is 5.75 Å². The van der Waals surface area contributed by atoms with Crippen LogP contribution in [0.15, 0.2) is 48.5 Å². The van der Waals surface area contributed by atoms with Gasteiger partial charge in [-0.05, 0) is 92.9 Å². The fourth-order valence-corrected chi connectivity index (χ4v) is 5.89. The summed E-state index contributed by atoms with van der Waals surface area (Å²) in [4.78, 5) is 12.9. The van der Waals surface area contributed by atoms with Crippen molar-refractivity contribution in [2.75, 3.05) is 35.2 Å². The quantitative estimate of drug-likeness (QED) is 0.0937. The lowest BCUT2D eigenvalue weighted by molar-refractivity contribution is -0.0388. The minimum Gasteiger partial charge on any atom is -0.507 e. The van der Waals surface area contributed by atoms with Crippen LogP contribution in [0.2, 0.25) is 0 Å². The van der Waals surface area contributed by atoms with E-state index in [1.54, 1.807) is 28.4 Å². The SMILES string of the molecule is COCc1cc(-c2cc(COC)c(COCOC(=O)c3ccc(C(CC(C)(C)C)C(C)(C)C)cc3)c(COC)c2)cc(COC)c1O.